The number of hydrogen-bond acceptors (Lipinski definition) is 3. The van der Waals surface area contributed by atoms with E-state index in [2.05, 4.69) is 47.2 Å². The van der Waals surface area contributed by atoms with E-state index in [0.717, 1.165) is 10.0 Å². The molecule has 0 saturated carbocycles. The number of amides is 1. The molecule has 0 spiro atoms. The molecule has 0 radical (unpaired) electrons. The van der Waals surface area contributed by atoms with Gasteiger partial charge < -0.3 is 4.74 Å². The zero-order valence-corrected chi connectivity index (χ0v) is 15.6. The van der Waals surface area contributed by atoms with Crippen LogP contribution in [-0.4, -0.2) is 18.7 Å². The molecule has 2 aromatic carbocycles. The van der Waals surface area contributed by atoms with E-state index in [9.17, 15) is 4.79 Å². The molecule has 0 heterocycles. The monoisotopic (exact) mass is 388 g/mol. The molecule has 2 aromatic rings. The van der Waals surface area contributed by atoms with E-state index in [0.29, 0.717) is 5.75 Å². The minimum atomic E-state index is -0.311. The maximum absolute atomic E-state index is 11.8. The molecule has 0 atom stereocenters. The molecule has 0 aliphatic rings. The van der Waals surface area contributed by atoms with Crippen LogP contribution in [0.3, 0.4) is 0 Å². The van der Waals surface area contributed by atoms with Gasteiger partial charge in [0.25, 0.3) is 5.91 Å². The quantitative estimate of drug-likeness (QED) is 0.613. The van der Waals surface area contributed by atoms with Gasteiger partial charge >= 0.3 is 0 Å². The molecule has 126 valence electrons. The largest absolute Gasteiger partial charge is 0.483 e. The summed E-state index contributed by atoms with van der Waals surface area (Å²) >= 11 is 3.49. The zero-order valence-electron chi connectivity index (χ0n) is 14.0. The Kier molecular flexibility index (Phi) is 6.15. The number of hydrogen-bond donors (Lipinski definition) is 1. The summed E-state index contributed by atoms with van der Waals surface area (Å²) in [5, 5.41) is 3.91. The number of benzene rings is 2. The van der Waals surface area contributed by atoms with Crippen LogP contribution >= 0.6 is 15.9 Å². The highest BCUT2D eigenvalue weighted by molar-refractivity contribution is 9.10. The lowest BCUT2D eigenvalue weighted by Gasteiger charge is -2.20. The zero-order chi connectivity index (χ0) is 17.6. The van der Waals surface area contributed by atoms with Gasteiger partial charge in [-0.25, -0.2) is 5.43 Å². The van der Waals surface area contributed by atoms with Crippen molar-refractivity contribution in [3.8, 4) is 5.75 Å². The number of halogens is 1. The molecule has 24 heavy (non-hydrogen) atoms. The first kappa shape index (κ1) is 18.2. The normalized spacial score (nSPS) is 11.5. The molecule has 1 amide bonds. The average Bonchev–Trinajstić information content (AvgIpc) is 2.54. The lowest BCUT2D eigenvalue weighted by Crippen LogP contribution is -2.24. The minimum absolute atomic E-state index is 0.0601. The van der Waals surface area contributed by atoms with E-state index in [-0.39, 0.29) is 17.9 Å². The van der Waals surface area contributed by atoms with Gasteiger partial charge in [-0.15, -0.1) is 0 Å². The Morgan fingerprint density at radius 3 is 2.54 bits per heavy atom. The number of ether oxygens (including phenoxy) is 1. The summed E-state index contributed by atoms with van der Waals surface area (Å²) in [7, 11) is 0. The van der Waals surface area contributed by atoms with Crippen LogP contribution in [0.4, 0.5) is 0 Å². The van der Waals surface area contributed by atoms with Crippen molar-refractivity contribution in [3.05, 3.63) is 64.1 Å². The molecule has 4 nitrogen and oxygen atoms in total. The maximum atomic E-state index is 11.8. The highest BCUT2D eigenvalue weighted by Crippen LogP contribution is 2.31. The van der Waals surface area contributed by atoms with E-state index < -0.39 is 0 Å². The highest BCUT2D eigenvalue weighted by Gasteiger charge is 2.15. The smallest absolute Gasteiger partial charge is 0.277 e. The Hall–Kier alpha value is -2.14. The molecule has 0 unspecified atom stereocenters. The average molecular weight is 389 g/mol. The van der Waals surface area contributed by atoms with Crippen molar-refractivity contribution in [1.29, 1.82) is 0 Å². The third kappa shape index (κ3) is 5.49. The number of carbonyl (C=O) groups is 1. The predicted octanol–water partition coefficient (Wildman–Crippen LogP) is 4.28. The molecule has 1 N–H and O–H groups in total. The first-order valence-corrected chi connectivity index (χ1v) is 8.45. The molecule has 0 aliphatic carbocycles. The van der Waals surface area contributed by atoms with Crippen LogP contribution in [0, 0.1) is 0 Å². The topological polar surface area (TPSA) is 50.7 Å². The summed E-state index contributed by atoms with van der Waals surface area (Å²) in [6, 6.07) is 15.4. The van der Waals surface area contributed by atoms with Gasteiger partial charge in [0, 0.05) is 0 Å². The Labute approximate surface area is 151 Å². The molecule has 0 aromatic heterocycles. The second kappa shape index (κ2) is 8.11. The number of hydrazone groups is 1. The Bertz CT molecular complexity index is 722. The van der Waals surface area contributed by atoms with Crippen LogP contribution in [0.5, 0.6) is 5.75 Å². The van der Waals surface area contributed by atoms with Crippen molar-refractivity contribution in [1.82, 2.24) is 5.43 Å². The van der Waals surface area contributed by atoms with Crippen LogP contribution in [0.15, 0.2) is 58.1 Å². The van der Waals surface area contributed by atoms with Crippen molar-refractivity contribution < 1.29 is 9.53 Å². The van der Waals surface area contributed by atoms with Gasteiger partial charge in [-0.05, 0) is 44.6 Å². The van der Waals surface area contributed by atoms with E-state index in [1.807, 2.05) is 48.5 Å². The van der Waals surface area contributed by atoms with Crippen LogP contribution in [-0.2, 0) is 10.2 Å². The molecule has 2 rings (SSSR count). The minimum Gasteiger partial charge on any atom is -0.483 e. The van der Waals surface area contributed by atoms with E-state index in [4.69, 9.17) is 4.74 Å². The summed E-state index contributed by atoms with van der Waals surface area (Å²) in [5.41, 5.74) is 4.62. The predicted molar refractivity (Wildman–Crippen MR) is 101 cm³/mol. The van der Waals surface area contributed by atoms with Crippen molar-refractivity contribution in [3.63, 3.8) is 0 Å². The highest BCUT2D eigenvalue weighted by atomic mass is 79.9. The number of carbonyl (C=O) groups excluding carboxylic acids is 1. The standard InChI is InChI=1S/C19H21BrN2O2/c1-19(2,3)15-9-10-17(16(20)11-15)24-13-18(23)22-21-12-14-7-5-4-6-8-14/h4-12H,13H2,1-3H3,(H,22,23)/b21-12+. The van der Waals surface area contributed by atoms with Crippen LogP contribution < -0.4 is 10.2 Å². The van der Waals surface area contributed by atoms with Crippen molar-refractivity contribution >= 4 is 28.1 Å². The second-order valence-electron chi connectivity index (χ2n) is 6.39. The van der Waals surface area contributed by atoms with Crippen molar-refractivity contribution in [2.75, 3.05) is 6.61 Å². The summed E-state index contributed by atoms with van der Waals surface area (Å²) in [6.07, 6.45) is 1.59. The van der Waals surface area contributed by atoms with Gasteiger partial charge in [0.05, 0.1) is 10.7 Å². The Morgan fingerprint density at radius 2 is 1.92 bits per heavy atom. The maximum Gasteiger partial charge on any atom is 0.277 e. The fourth-order valence-corrected chi connectivity index (χ4v) is 2.47. The van der Waals surface area contributed by atoms with Gasteiger partial charge in [0.1, 0.15) is 5.75 Å². The number of nitrogens with zero attached hydrogens (tertiary/aromatic N) is 1. The van der Waals surface area contributed by atoms with Crippen LogP contribution in [0.1, 0.15) is 31.9 Å². The Balaban J connectivity index is 1.87. The van der Waals surface area contributed by atoms with Crippen molar-refractivity contribution in [2.45, 2.75) is 26.2 Å². The molecular formula is C19H21BrN2O2. The number of rotatable bonds is 5. The second-order valence-corrected chi connectivity index (χ2v) is 7.24. The number of nitrogens with one attached hydrogen (secondary N) is 1. The Morgan fingerprint density at radius 1 is 1.21 bits per heavy atom. The lowest BCUT2D eigenvalue weighted by atomic mass is 9.87. The first-order valence-electron chi connectivity index (χ1n) is 7.66. The molecule has 5 heteroatoms. The van der Waals surface area contributed by atoms with Crippen LogP contribution in [0.2, 0.25) is 0 Å². The van der Waals surface area contributed by atoms with E-state index >= 15 is 0 Å². The molecule has 0 aliphatic heterocycles. The summed E-state index contributed by atoms with van der Waals surface area (Å²) in [6.45, 7) is 6.34. The summed E-state index contributed by atoms with van der Waals surface area (Å²) in [4.78, 5) is 11.8. The van der Waals surface area contributed by atoms with Crippen LogP contribution in [0.25, 0.3) is 0 Å². The lowest BCUT2D eigenvalue weighted by molar-refractivity contribution is -0.123. The van der Waals surface area contributed by atoms with E-state index in [1.165, 1.54) is 5.56 Å². The first-order chi connectivity index (χ1) is 11.4. The van der Waals surface area contributed by atoms with Gasteiger partial charge in [-0.3, -0.25) is 4.79 Å². The fraction of sp³-hybridized carbons (Fsp3) is 0.263. The summed E-state index contributed by atoms with van der Waals surface area (Å²) in [5.74, 6) is 0.319. The molecular weight excluding hydrogens is 368 g/mol. The summed E-state index contributed by atoms with van der Waals surface area (Å²) < 4.78 is 6.37. The molecule has 0 saturated heterocycles. The SMILES string of the molecule is CC(C)(C)c1ccc(OCC(=O)N/N=C/c2ccccc2)c(Br)c1. The molecule has 0 bridgehead atoms. The van der Waals surface area contributed by atoms with Crippen molar-refractivity contribution in [2.24, 2.45) is 5.10 Å². The third-order valence-electron chi connectivity index (χ3n) is 3.36. The molecule has 0 fully saturated rings. The van der Waals surface area contributed by atoms with Gasteiger partial charge in [-0.1, -0.05) is 57.2 Å². The third-order valence-corrected chi connectivity index (χ3v) is 3.98. The van der Waals surface area contributed by atoms with Gasteiger partial charge in [0.15, 0.2) is 6.61 Å². The fourth-order valence-electron chi connectivity index (χ4n) is 1.98. The van der Waals surface area contributed by atoms with Gasteiger partial charge in [0.2, 0.25) is 0 Å². The van der Waals surface area contributed by atoms with E-state index in [1.54, 1.807) is 6.21 Å². The van der Waals surface area contributed by atoms with Gasteiger partial charge in [-0.2, -0.15) is 5.10 Å².